The number of aromatic nitrogens is 2. The van der Waals surface area contributed by atoms with Crippen LogP contribution in [0.4, 0.5) is 0 Å². The first-order chi connectivity index (χ1) is 11.2. The fourth-order valence-corrected chi connectivity index (χ4v) is 4.44. The smallest absolute Gasteiger partial charge is 0.230 e. The Labute approximate surface area is 138 Å². The minimum atomic E-state index is -0.0618. The Hall–Kier alpha value is -1.36. The van der Waals surface area contributed by atoms with Crippen LogP contribution in [0, 0.1) is 5.92 Å². The number of carbonyl (C=O) groups excluding carboxylic acids is 1. The van der Waals surface area contributed by atoms with Crippen molar-refractivity contribution in [3.63, 3.8) is 0 Å². The number of nitrogens with zero attached hydrogens (tertiary/aromatic N) is 3. The van der Waals surface area contributed by atoms with Crippen LogP contribution in [-0.2, 0) is 18.4 Å². The van der Waals surface area contributed by atoms with Crippen LogP contribution in [0.5, 0.6) is 0 Å². The molecule has 1 N–H and O–H groups in total. The lowest BCUT2D eigenvalue weighted by atomic mass is 9.90. The first-order valence-electron chi connectivity index (χ1n) is 9.23. The van der Waals surface area contributed by atoms with Gasteiger partial charge in [0.15, 0.2) is 0 Å². The summed E-state index contributed by atoms with van der Waals surface area (Å²) in [5.41, 5.74) is 2.23. The van der Waals surface area contributed by atoms with Gasteiger partial charge >= 0.3 is 0 Å². The van der Waals surface area contributed by atoms with Crippen LogP contribution in [0.1, 0.15) is 62.3 Å². The minimum Gasteiger partial charge on any atom is -0.353 e. The topological polar surface area (TPSA) is 50.2 Å². The third-order valence-corrected chi connectivity index (χ3v) is 5.97. The largest absolute Gasteiger partial charge is 0.353 e. The highest BCUT2D eigenvalue weighted by atomic mass is 16.2. The lowest BCUT2D eigenvalue weighted by Gasteiger charge is -2.35. The van der Waals surface area contributed by atoms with Gasteiger partial charge in [-0.05, 0) is 38.0 Å². The van der Waals surface area contributed by atoms with Crippen LogP contribution in [0.3, 0.4) is 0 Å². The van der Waals surface area contributed by atoms with Crippen molar-refractivity contribution in [2.24, 2.45) is 13.0 Å². The maximum atomic E-state index is 12.8. The molecule has 2 heterocycles. The summed E-state index contributed by atoms with van der Waals surface area (Å²) < 4.78 is 2.05. The maximum Gasteiger partial charge on any atom is 0.230 e. The molecule has 2 aliphatic carbocycles. The lowest BCUT2D eigenvalue weighted by Crippen LogP contribution is -2.47. The summed E-state index contributed by atoms with van der Waals surface area (Å²) in [6.07, 6.45) is 10.9. The second-order valence-electron chi connectivity index (χ2n) is 7.72. The Bertz CT molecular complexity index is 572. The average molecular weight is 316 g/mol. The summed E-state index contributed by atoms with van der Waals surface area (Å²) >= 11 is 0. The molecule has 1 aromatic rings. The summed E-state index contributed by atoms with van der Waals surface area (Å²) in [6, 6.07) is 0.407. The van der Waals surface area contributed by atoms with Gasteiger partial charge < -0.3 is 9.88 Å². The molecule has 126 valence electrons. The first-order valence-corrected chi connectivity index (χ1v) is 9.23. The molecule has 23 heavy (non-hydrogen) atoms. The predicted molar refractivity (Wildman–Crippen MR) is 89.0 cm³/mol. The van der Waals surface area contributed by atoms with E-state index in [-0.39, 0.29) is 11.8 Å². The van der Waals surface area contributed by atoms with Gasteiger partial charge in [0.25, 0.3) is 0 Å². The van der Waals surface area contributed by atoms with Crippen molar-refractivity contribution in [1.29, 1.82) is 0 Å². The molecule has 0 saturated heterocycles. The third kappa shape index (κ3) is 3.03. The van der Waals surface area contributed by atoms with Crippen molar-refractivity contribution in [1.82, 2.24) is 19.8 Å². The van der Waals surface area contributed by atoms with Gasteiger partial charge in [-0.2, -0.15) is 0 Å². The van der Waals surface area contributed by atoms with Crippen LogP contribution in [-0.4, -0.2) is 39.5 Å². The number of fused-ring (bicyclic) bond motifs is 1. The van der Waals surface area contributed by atoms with Gasteiger partial charge in [-0.25, -0.2) is 4.98 Å². The molecule has 3 aliphatic rings. The van der Waals surface area contributed by atoms with Crippen LogP contribution in [0.15, 0.2) is 6.33 Å². The number of carbonyl (C=O) groups is 1. The zero-order chi connectivity index (χ0) is 15.8. The van der Waals surface area contributed by atoms with E-state index in [9.17, 15) is 4.79 Å². The number of rotatable bonds is 4. The fourth-order valence-electron chi connectivity index (χ4n) is 4.44. The van der Waals surface area contributed by atoms with Crippen molar-refractivity contribution in [3.8, 4) is 0 Å². The molecule has 0 aromatic carbocycles. The molecule has 0 bridgehead atoms. The molecule has 1 aliphatic heterocycles. The second-order valence-corrected chi connectivity index (χ2v) is 7.72. The van der Waals surface area contributed by atoms with E-state index in [1.165, 1.54) is 32.1 Å². The van der Waals surface area contributed by atoms with Gasteiger partial charge in [0.2, 0.25) is 5.91 Å². The molecule has 2 saturated carbocycles. The van der Waals surface area contributed by atoms with Gasteiger partial charge in [-0.15, -0.1) is 0 Å². The Morgan fingerprint density at radius 2 is 2.04 bits per heavy atom. The molecular formula is C18H28N4O. The van der Waals surface area contributed by atoms with E-state index >= 15 is 0 Å². The molecule has 2 fully saturated rings. The van der Waals surface area contributed by atoms with Crippen molar-refractivity contribution in [3.05, 3.63) is 17.7 Å². The van der Waals surface area contributed by atoms with Gasteiger partial charge in [0, 0.05) is 32.7 Å². The highest BCUT2D eigenvalue weighted by molar-refractivity contribution is 5.84. The molecule has 1 amide bonds. The van der Waals surface area contributed by atoms with Gasteiger partial charge in [-0.3, -0.25) is 9.69 Å². The molecule has 1 atom stereocenters. The van der Waals surface area contributed by atoms with Crippen LogP contribution < -0.4 is 5.32 Å². The minimum absolute atomic E-state index is 0.0618. The number of imidazole rings is 1. The normalized spacial score (nSPS) is 26.0. The van der Waals surface area contributed by atoms with E-state index in [0.717, 1.165) is 49.8 Å². The highest BCUT2D eigenvalue weighted by Crippen LogP contribution is 2.32. The molecule has 0 radical (unpaired) electrons. The van der Waals surface area contributed by atoms with Crippen molar-refractivity contribution >= 4 is 5.91 Å². The monoisotopic (exact) mass is 316 g/mol. The molecule has 0 unspecified atom stereocenters. The van der Waals surface area contributed by atoms with Gasteiger partial charge in [0.05, 0.1) is 23.6 Å². The van der Waals surface area contributed by atoms with E-state index < -0.39 is 0 Å². The third-order valence-electron chi connectivity index (χ3n) is 5.97. The van der Waals surface area contributed by atoms with E-state index in [2.05, 4.69) is 15.2 Å². The molecule has 1 aromatic heterocycles. The predicted octanol–water partition coefficient (Wildman–Crippen LogP) is 2.18. The lowest BCUT2D eigenvalue weighted by molar-refractivity contribution is -0.124. The maximum absolute atomic E-state index is 12.8. The molecule has 0 spiro atoms. The molecular weight excluding hydrogens is 288 g/mol. The summed E-state index contributed by atoms with van der Waals surface area (Å²) in [7, 11) is 2.02. The Morgan fingerprint density at radius 3 is 2.74 bits per heavy atom. The highest BCUT2D eigenvalue weighted by Gasteiger charge is 2.36. The number of amides is 1. The van der Waals surface area contributed by atoms with E-state index in [1.54, 1.807) is 0 Å². The summed E-state index contributed by atoms with van der Waals surface area (Å²) in [6.45, 7) is 2.88. The summed E-state index contributed by atoms with van der Waals surface area (Å²) in [5.74, 6) is 0.958. The zero-order valence-corrected chi connectivity index (χ0v) is 14.1. The molecule has 5 nitrogen and oxygen atoms in total. The Balaban J connectivity index is 1.50. The first kappa shape index (κ1) is 15.2. The average Bonchev–Trinajstić information content (AvgIpc) is 3.12. The van der Waals surface area contributed by atoms with Crippen LogP contribution in [0.25, 0.3) is 0 Å². The van der Waals surface area contributed by atoms with Gasteiger partial charge in [0.1, 0.15) is 0 Å². The molecule has 4 rings (SSSR count). The van der Waals surface area contributed by atoms with Crippen LogP contribution >= 0.6 is 0 Å². The molecule has 5 heteroatoms. The second kappa shape index (κ2) is 6.27. The Kier molecular flexibility index (Phi) is 4.14. The van der Waals surface area contributed by atoms with E-state index in [0.29, 0.717) is 6.04 Å². The Morgan fingerprint density at radius 1 is 1.26 bits per heavy atom. The standard InChI is InChI=1S/C18H28N4O/c1-21-12-19-16-11-22(9-13-5-2-3-6-13)10-15(17(16)21)18(23)20-14-7-4-8-14/h12-15H,2-11H2,1H3,(H,20,23)/t15-/m0/s1. The number of hydrogen-bond donors (Lipinski definition) is 1. The quantitative estimate of drug-likeness (QED) is 0.926. The van der Waals surface area contributed by atoms with Crippen molar-refractivity contribution < 1.29 is 4.79 Å². The number of hydrogen-bond acceptors (Lipinski definition) is 3. The number of nitrogens with one attached hydrogen (secondary N) is 1. The van der Waals surface area contributed by atoms with Gasteiger partial charge in [-0.1, -0.05) is 12.8 Å². The van der Waals surface area contributed by atoms with Crippen molar-refractivity contribution in [2.45, 2.75) is 63.5 Å². The fraction of sp³-hybridized carbons (Fsp3) is 0.778. The zero-order valence-electron chi connectivity index (χ0n) is 14.1. The van der Waals surface area contributed by atoms with E-state index in [4.69, 9.17) is 0 Å². The summed E-state index contributed by atoms with van der Waals surface area (Å²) in [5, 5.41) is 3.25. The number of aryl methyl sites for hydroxylation is 1. The SMILES string of the molecule is Cn1cnc2c1[C@@H](C(=O)NC1CCC1)CN(CC1CCCC1)C2. The van der Waals surface area contributed by atoms with Crippen LogP contribution in [0.2, 0.25) is 0 Å². The summed E-state index contributed by atoms with van der Waals surface area (Å²) in [4.78, 5) is 19.9. The van der Waals surface area contributed by atoms with E-state index in [1.807, 2.05) is 17.9 Å². The van der Waals surface area contributed by atoms with Crippen molar-refractivity contribution in [2.75, 3.05) is 13.1 Å².